The van der Waals surface area contributed by atoms with E-state index in [9.17, 15) is 14.9 Å². The van der Waals surface area contributed by atoms with Gasteiger partial charge in [0, 0.05) is 29.3 Å². The topological polar surface area (TPSA) is 63.5 Å². The number of carbonyl (C=O) groups is 1. The van der Waals surface area contributed by atoms with Gasteiger partial charge >= 0.3 is 0 Å². The van der Waals surface area contributed by atoms with E-state index >= 15 is 0 Å². The fraction of sp³-hybridized carbons (Fsp3) is 0.235. The van der Waals surface area contributed by atoms with Crippen molar-refractivity contribution in [3.63, 3.8) is 0 Å². The molecule has 3 rings (SSSR count). The van der Waals surface area contributed by atoms with Gasteiger partial charge in [-0.3, -0.25) is 14.9 Å². The molecule has 0 aromatic heterocycles. The number of hydrogen-bond donors (Lipinski definition) is 0. The lowest BCUT2D eigenvalue weighted by atomic mass is 10.1. The molecule has 0 bridgehead atoms. The fourth-order valence-corrected chi connectivity index (χ4v) is 3.60. The second-order valence-electron chi connectivity index (χ2n) is 5.42. The minimum Gasteiger partial charge on any atom is -0.311 e. The molecule has 0 atom stereocenters. The molecule has 0 aliphatic carbocycles. The average molecular weight is 328 g/mol. The zero-order chi connectivity index (χ0) is 16.4. The second kappa shape index (κ2) is 6.42. The predicted molar refractivity (Wildman–Crippen MR) is 91.1 cm³/mol. The molecule has 0 radical (unpaired) electrons. The number of nitro benzene ring substituents is 1. The van der Waals surface area contributed by atoms with Gasteiger partial charge in [-0.05, 0) is 36.6 Å². The van der Waals surface area contributed by atoms with Gasteiger partial charge in [-0.1, -0.05) is 18.2 Å². The van der Waals surface area contributed by atoms with Crippen molar-refractivity contribution in [3.8, 4) is 0 Å². The van der Waals surface area contributed by atoms with E-state index < -0.39 is 4.92 Å². The minimum atomic E-state index is -0.404. The summed E-state index contributed by atoms with van der Waals surface area (Å²) in [5, 5.41) is 10.8. The summed E-state index contributed by atoms with van der Waals surface area (Å²) in [7, 11) is 0. The molecule has 6 heteroatoms. The van der Waals surface area contributed by atoms with Crippen LogP contribution in [0.25, 0.3) is 0 Å². The maximum absolute atomic E-state index is 12.5. The number of aryl methyl sites for hydroxylation is 1. The smallest absolute Gasteiger partial charge is 0.269 e. The molecule has 1 heterocycles. The Morgan fingerprint density at radius 2 is 2.09 bits per heavy atom. The molecule has 0 unspecified atom stereocenters. The second-order valence-corrected chi connectivity index (χ2v) is 6.44. The van der Waals surface area contributed by atoms with Gasteiger partial charge in [0.1, 0.15) is 0 Å². The van der Waals surface area contributed by atoms with Crippen LogP contribution in [0.15, 0.2) is 47.4 Å². The molecule has 1 amide bonds. The third-order valence-electron chi connectivity index (χ3n) is 3.92. The Hall–Kier alpha value is -2.34. The third-order valence-corrected chi connectivity index (χ3v) is 5.08. The molecule has 23 heavy (non-hydrogen) atoms. The van der Waals surface area contributed by atoms with E-state index in [-0.39, 0.29) is 11.6 Å². The highest BCUT2D eigenvalue weighted by Crippen LogP contribution is 2.32. The van der Waals surface area contributed by atoms with Crippen LogP contribution in [0, 0.1) is 17.0 Å². The molecule has 2 aromatic carbocycles. The van der Waals surface area contributed by atoms with Crippen molar-refractivity contribution in [2.24, 2.45) is 0 Å². The van der Waals surface area contributed by atoms with Gasteiger partial charge in [-0.15, -0.1) is 11.8 Å². The number of benzene rings is 2. The van der Waals surface area contributed by atoms with Gasteiger partial charge in [0.25, 0.3) is 5.69 Å². The van der Waals surface area contributed by atoms with Crippen molar-refractivity contribution < 1.29 is 9.72 Å². The van der Waals surface area contributed by atoms with E-state index in [0.29, 0.717) is 18.7 Å². The Bertz CT molecular complexity index is 776. The number of non-ortho nitro benzene ring substituents is 1. The largest absolute Gasteiger partial charge is 0.311 e. The first-order valence-electron chi connectivity index (χ1n) is 7.32. The lowest BCUT2D eigenvalue weighted by molar-refractivity contribution is -0.384. The summed E-state index contributed by atoms with van der Waals surface area (Å²) < 4.78 is 0. The molecule has 0 spiro atoms. The van der Waals surface area contributed by atoms with Crippen LogP contribution >= 0.6 is 11.8 Å². The Labute approximate surface area is 138 Å². The van der Waals surface area contributed by atoms with Crippen LogP contribution in [0.2, 0.25) is 0 Å². The molecule has 0 saturated carbocycles. The van der Waals surface area contributed by atoms with Crippen molar-refractivity contribution >= 4 is 29.0 Å². The summed E-state index contributed by atoms with van der Waals surface area (Å²) >= 11 is 1.53. The number of thioether (sulfide) groups is 1. The van der Waals surface area contributed by atoms with Crippen molar-refractivity contribution in [1.82, 2.24) is 0 Å². The van der Waals surface area contributed by atoms with E-state index in [1.54, 1.807) is 17.0 Å². The Balaban J connectivity index is 1.71. The van der Waals surface area contributed by atoms with Gasteiger partial charge in [-0.25, -0.2) is 0 Å². The highest BCUT2D eigenvalue weighted by Gasteiger charge is 2.26. The Kier molecular flexibility index (Phi) is 4.34. The summed E-state index contributed by atoms with van der Waals surface area (Å²) in [5.41, 5.74) is 2.90. The van der Waals surface area contributed by atoms with Crippen LogP contribution in [0.3, 0.4) is 0 Å². The molecule has 5 nitrogen and oxygen atoms in total. The molecule has 1 aliphatic rings. The van der Waals surface area contributed by atoms with Gasteiger partial charge in [-0.2, -0.15) is 0 Å². The zero-order valence-corrected chi connectivity index (χ0v) is 13.5. The van der Waals surface area contributed by atoms with Gasteiger partial charge in [0.05, 0.1) is 10.7 Å². The number of amides is 1. The molecule has 0 saturated heterocycles. The summed E-state index contributed by atoms with van der Waals surface area (Å²) in [5.74, 6) is 0.396. The molecular weight excluding hydrogens is 312 g/mol. The highest BCUT2D eigenvalue weighted by molar-refractivity contribution is 8.00. The summed E-state index contributed by atoms with van der Waals surface area (Å²) in [6.07, 6.45) is 0.664. The van der Waals surface area contributed by atoms with Crippen LogP contribution in [0.4, 0.5) is 11.4 Å². The number of nitrogens with zero attached hydrogens (tertiary/aromatic N) is 2. The molecule has 2 aromatic rings. The molecule has 118 valence electrons. The van der Waals surface area contributed by atoms with E-state index in [1.807, 2.05) is 31.2 Å². The number of carbonyl (C=O) groups excluding carboxylic acids is 1. The molecule has 0 fully saturated rings. The number of hydrogen-bond acceptors (Lipinski definition) is 4. The zero-order valence-electron chi connectivity index (χ0n) is 12.7. The first-order chi connectivity index (χ1) is 11.1. The summed E-state index contributed by atoms with van der Waals surface area (Å²) in [6, 6.07) is 12.7. The van der Waals surface area contributed by atoms with E-state index in [2.05, 4.69) is 0 Å². The van der Waals surface area contributed by atoms with Gasteiger partial charge < -0.3 is 4.90 Å². The third kappa shape index (κ3) is 3.22. The van der Waals surface area contributed by atoms with Crippen molar-refractivity contribution in [3.05, 3.63) is 63.7 Å². The average Bonchev–Trinajstić information content (AvgIpc) is 2.97. The Morgan fingerprint density at radius 1 is 1.30 bits per heavy atom. The van der Waals surface area contributed by atoms with E-state index in [4.69, 9.17) is 0 Å². The van der Waals surface area contributed by atoms with Crippen LogP contribution in [0.5, 0.6) is 0 Å². The van der Waals surface area contributed by atoms with Crippen molar-refractivity contribution in [1.29, 1.82) is 0 Å². The highest BCUT2D eigenvalue weighted by atomic mass is 32.2. The maximum atomic E-state index is 12.5. The Morgan fingerprint density at radius 3 is 2.83 bits per heavy atom. The fourth-order valence-electron chi connectivity index (χ4n) is 2.70. The van der Waals surface area contributed by atoms with Gasteiger partial charge in [0.15, 0.2) is 0 Å². The number of anilines is 1. The van der Waals surface area contributed by atoms with E-state index in [0.717, 1.165) is 21.7 Å². The lowest BCUT2D eigenvalue weighted by Crippen LogP contribution is -2.30. The van der Waals surface area contributed by atoms with Crippen LogP contribution in [-0.4, -0.2) is 23.1 Å². The summed E-state index contributed by atoms with van der Waals surface area (Å²) in [6.45, 7) is 2.61. The number of rotatable bonds is 4. The normalized spacial score (nSPS) is 13.0. The summed E-state index contributed by atoms with van der Waals surface area (Å²) in [4.78, 5) is 25.7. The standard InChI is InChI=1S/C17H16N2O3S/c1-12-4-2-3-5-16(12)23-11-17(20)18-9-8-13-10-14(19(21)22)6-7-15(13)18/h2-7,10H,8-9,11H2,1H3. The SMILES string of the molecule is Cc1ccccc1SCC(=O)N1CCc2cc([N+](=O)[O-])ccc21. The first-order valence-corrected chi connectivity index (χ1v) is 8.31. The minimum absolute atomic E-state index is 0.0332. The van der Waals surface area contributed by atoms with E-state index in [1.165, 1.54) is 17.8 Å². The predicted octanol–water partition coefficient (Wildman–Crippen LogP) is 3.58. The van der Waals surface area contributed by atoms with Crippen LogP contribution < -0.4 is 4.90 Å². The van der Waals surface area contributed by atoms with Crippen molar-refractivity contribution in [2.45, 2.75) is 18.2 Å². The maximum Gasteiger partial charge on any atom is 0.269 e. The molecular formula is C17H16N2O3S. The lowest BCUT2D eigenvalue weighted by Gasteiger charge is -2.17. The number of nitro groups is 1. The monoisotopic (exact) mass is 328 g/mol. The molecule has 0 N–H and O–H groups in total. The molecule has 1 aliphatic heterocycles. The van der Waals surface area contributed by atoms with Crippen LogP contribution in [0.1, 0.15) is 11.1 Å². The number of fused-ring (bicyclic) bond motifs is 1. The quantitative estimate of drug-likeness (QED) is 0.489. The van der Waals surface area contributed by atoms with Gasteiger partial charge in [0.2, 0.25) is 5.91 Å². The first kappa shape index (κ1) is 15.6. The van der Waals surface area contributed by atoms with Crippen LogP contribution in [-0.2, 0) is 11.2 Å². The van der Waals surface area contributed by atoms with Crippen molar-refractivity contribution in [2.75, 3.05) is 17.2 Å².